The standard InChI is InChI=1S/C15H24BrNO2/c1-5-15(18,6-2)10-19-14-9-12(16)7-8-13(14)11(3)17-4/h7-9,11,17-18H,5-6,10H2,1-4H3. The van der Waals surface area contributed by atoms with E-state index in [-0.39, 0.29) is 6.04 Å². The van der Waals surface area contributed by atoms with Gasteiger partial charge in [-0.05, 0) is 38.9 Å². The zero-order chi connectivity index (χ0) is 14.5. The summed E-state index contributed by atoms with van der Waals surface area (Å²) in [5.74, 6) is 0.816. The van der Waals surface area contributed by atoms with E-state index in [2.05, 4.69) is 28.2 Å². The maximum absolute atomic E-state index is 10.3. The zero-order valence-corrected chi connectivity index (χ0v) is 13.8. The van der Waals surface area contributed by atoms with Gasteiger partial charge in [-0.3, -0.25) is 0 Å². The first-order chi connectivity index (χ1) is 8.95. The number of ether oxygens (including phenoxy) is 1. The summed E-state index contributed by atoms with van der Waals surface area (Å²) >= 11 is 3.46. The molecule has 1 aromatic carbocycles. The van der Waals surface area contributed by atoms with Crippen LogP contribution in [0, 0.1) is 0 Å². The summed E-state index contributed by atoms with van der Waals surface area (Å²) in [4.78, 5) is 0. The molecule has 1 aromatic rings. The van der Waals surface area contributed by atoms with Crippen LogP contribution in [0.15, 0.2) is 22.7 Å². The van der Waals surface area contributed by atoms with Gasteiger partial charge < -0.3 is 15.2 Å². The third-order valence-corrected chi connectivity index (χ3v) is 4.18. The average molecular weight is 330 g/mol. The Morgan fingerprint density at radius 2 is 2.00 bits per heavy atom. The fourth-order valence-corrected chi connectivity index (χ4v) is 2.15. The Kier molecular flexibility index (Phi) is 6.30. The minimum absolute atomic E-state index is 0.208. The Morgan fingerprint density at radius 1 is 1.37 bits per heavy atom. The highest BCUT2D eigenvalue weighted by atomic mass is 79.9. The molecule has 0 aliphatic heterocycles. The molecule has 0 bridgehead atoms. The van der Waals surface area contributed by atoms with Gasteiger partial charge in [-0.25, -0.2) is 0 Å². The smallest absolute Gasteiger partial charge is 0.125 e. The summed E-state index contributed by atoms with van der Waals surface area (Å²) < 4.78 is 6.85. The summed E-state index contributed by atoms with van der Waals surface area (Å²) in [6.45, 7) is 6.36. The molecule has 108 valence electrons. The highest BCUT2D eigenvalue weighted by molar-refractivity contribution is 9.10. The van der Waals surface area contributed by atoms with Gasteiger partial charge >= 0.3 is 0 Å². The van der Waals surface area contributed by atoms with Crippen molar-refractivity contribution < 1.29 is 9.84 Å². The number of hydrogen-bond donors (Lipinski definition) is 2. The molecular formula is C15H24BrNO2. The molecule has 1 rings (SSSR count). The first-order valence-electron chi connectivity index (χ1n) is 6.77. The van der Waals surface area contributed by atoms with E-state index < -0.39 is 5.60 Å². The van der Waals surface area contributed by atoms with Crippen molar-refractivity contribution in [2.24, 2.45) is 0 Å². The second-order valence-electron chi connectivity index (χ2n) is 4.91. The Hall–Kier alpha value is -0.580. The molecule has 4 heteroatoms. The van der Waals surface area contributed by atoms with E-state index in [0.717, 1.165) is 15.8 Å². The van der Waals surface area contributed by atoms with Crippen molar-refractivity contribution in [1.82, 2.24) is 5.32 Å². The van der Waals surface area contributed by atoms with Crippen LogP contribution in [-0.4, -0.2) is 24.4 Å². The Bertz CT molecular complexity index is 405. The molecule has 1 unspecified atom stereocenters. The first kappa shape index (κ1) is 16.5. The molecular weight excluding hydrogens is 306 g/mol. The number of halogens is 1. The van der Waals surface area contributed by atoms with Gasteiger partial charge in [0.05, 0.1) is 5.60 Å². The Balaban J connectivity index is 2.90. The molecule has 0 heterocycles. The van der Waals surface area contributed by atoms with Gasteiger partial charge in [0.2, 0.25) is 0 Å². The third kappa shape index (κ3) is 4.48. The third-order valence-electron chi connectivity index (χ3n) is 3.69. The van der Waals surface area contributed by atoms with Crippen LogP contribution in [0.1, 0.15) is 45.2 Å². The normalized spacial score (nSPS) is 13.4. The predicted molar refractivity (Wildman–Crippen MR) is 82.6 cm³/mol. The van der Waals surface area contributed by atoms with Crippen molar-refractivity contribution >= 4 is 15.9 Å². The van der Waals surface area contributed by atoms with Crippen molar-refractivity contribution in [3.8, 4) is 5.75 Å². The van der Waals surface area contributed by atoms with E-state index in [1.807, 2.05) is 39.1 Å². The maximum Gasteiger partial charge on any atom is 0.125 e. The van der Waals surface area contributed by atoms with Gasteiger partial charge in [0.15, 0.2) is 0 Å². The van der Waals surface area contributed by atoms with Crippen molar-refractivity contribution in [2.75, 3.05) is 13.7 Å². The predicted octanol–water partition coefficient (Wildman–Crippen LogP) is 3.66. The summed E-state index contributed by atoms with van der Waals surface area (Å²) in [7, 11) is 1.92. The number of rotatable bonds is 7. The monoisotopic (exact) mass is 329 g/mol. The second-order valence-corrected chi connectivity index (χ2v) is 5.83. The second kappa shape index (κ2) is 7.27. The van der Waals surface area contributed by atoms with E-state index in [4.69, 9.17) is 4.74 Å². The summed E-state index contributed by atoms with van der Waals surface area (Å²) in [6.07, 6.45) is 1.38. The molecule has 0 radical (unpaired) electrons. The van der Waals surface area contributed by atoms with Crippen LogP contribution in [-0.2, 0) is 0 Å². The first-order valence-corrected chi connectivity index (χ1v) is 7.57. The van der Waals surface area contributed by atoms with Gasteiger partial charge in [0.25, 0.3) is 0 Å². The molecule has 0 aliphatic carbocycles. The number of nitrogens with one attached hydrogen (secondary N) is 1. The van der Waals surface area contributed by atoms with E-state index >= 15 is 0 Å². The number of aliphatic hydroxyl groups is 1. The zero-order valence-electron chi connectivity index (χ0n) is 12.2. The highest BCUT2D eigenvalue weighted by Gasteiger charge is 2.24. The van der Waals surface area contributed by atoms with E-state index in [0.29, 0.717) is 19.4 Å². The summed E-state index contributed by atoms with van der Waals surface area (Å²) in [5, 5.41) is 13.5. The molecule has 0 aromatic heterocycles. The fourth-order valence-electron chi connectivity index (χ4n) is 1.81. The number of hydrogen-bond acceptors (Lipinski definition) is 3. The van der Waals surface area contributed by atoms with Crippen LogP contribution in [0.3, 0.4) is 0 Å². The fraction of sp³-hybridized carbons (Fsp3) is 0.600. The highest BCUT2D eigenvalue weighted by Crippen LogP contribution is 2.29. The molecule has 0 saturated heterocycles. The minimum atomic E-state index is -0.748. The van der Waals surface area contributed by atoms with E-state index in [9.17, 15) is 5.11 Å². The number of benzene rings is 1. The topological polar surface area (TPSA) is 41.5 Å². The summed E-state index contributed by atoms with van der Waals surface area (Å²) in [6, 6.07) is 6.20. The van der Waals surface area contributed by atoms with Crippen molar-refractivity contribution in [3.05, 3.63) is 28.2 Å². The van der Waals surface area contributed by atoms with Crippen molar-refractivity contribution in [1.29, 1.82) is 0 Å². The Morgan fingerprint density at radius 3 is 2.53 bits per heavy atom. The summed E-state index contributed by atoms with van der Waals surface area (Å²) in [5.41, 5.74) is 0.350. The molecule has 19 heavy (non-hydrogen) atoms. The quantitative estimate of drug-likeness (QED) is 0.802. The Labute approximate surface area is 124 Å². The molecule has 2 N–H and O–H groups in total. The SMILES string of the molecule is CCC(O)(CC)COc1cc(Br)ccc1C(C)NC. The van der Waals surface area contributed by atoms with Gasteiger partial charge in [0.1, 0.15) is 12.4 Å². The molecule has 0 spiro atoms. The largest absolute Gasteiger partial charge is 0.490 e. The van der Waals surface area contributed by atoms with Crippen LogP contribution in [0.4, 0.5) is 0 Å². The van der Waals surface area contributed by atoms with Gasteiger partial charge in [-0.2, -0.15) is 0 Å². The van der Waals surface area contributed by atoms with Crippen molar-refractivity contribution in [3.63, 3.8) is 0 Å². The lowest BCUT2D eigenvalue weighted by molar-refractivity contribution is -0.0117. The van der Waals surface area contributed by atoms with Crippen LogP contribution in [0.25, 0.3) is 0 Å². The average Bonchev–Trinajstić information content (AvgIpc) is 2.44. The van der Waals surface area contributed by atoms with Gasteiger partial charge in [-0.15, -0.1) is 0 Å². The maximum atomic E-state index is 10.3. The minimum Gasteiger partial charge on any atom is -0.490 e. The lowest BCUT2D eigenvalue weighted by Crippen LogP contribution is -2.34. The lowest BCUT2D eigenvalue weighted by Gasteiger charge is -2.26. The van der Waals surface area contributed by atoms with Crippen LogP contribution in [0.5, 0.6) is 5.75 Å². The van der Waals surface area contributed by atoms with Crippen LogP contribution in [0.2, 0.25) is 0 Å². The molecule has 0 amide bonds. The molecule has 1 atom stereocenters. The van der Waals surface area contributed by atoms with E-state index in [1.165, 1.54) is 0 Å². The van der Waals surface area contributed by atoms with Crippen LogP contribution >= 0.6 is 15.9 Å². The van der Waals surface area contributed by atoms with Crippen molar-refractivity contribution in [2.45, 2.75) is 45.3 Å². The molecule has 0 saturated carbocycles. The molecule has 3 nitrogen and oxygen atoms in total. The molecule has 0 fully saturated rings. The van der Waals surface area contributed by atoms with E-state index in [1.54, 1.807) is 0 Å². The lowest BCUT2D eigenvalue weighted by atomic mass is 9.99. The van der Waals surface area contributed by atoms with Gasteiger partial charge in [0, 0.05) is 16.1 Å². The van der Waals surface area contributed by atoms with Gasteiger partial charge in [-0.1, -0.05) is 35.8 Å². The molecule has 0 aliphatic rings. The van der Waals surface area contributed by atoms with Crippen LogP contribution < -0.4 is 10.1 Å².